The minimum atomic E-state index is -5.03. The van der Waals surface area contributed by atoms with E-state index in [-0.39, 0.29) is 34.9 Å². The fraction of sp³-hybridized carbons (Fsp3) is 0.0909. The smallest absolute Gasteiger partial charge is 0.383 e. The Morgan fingerprint density at radius 1 is 1.12 bits per heavy atom. The number of aromatic nitrogens is 2. The fourth-order valence-electron chi connectivity index (χ4n) is 1.74. The number of hydrogen-bond donors (Lipinski definition) is 2. The third-order valence-corrected chi connectivity index (χ3v) is 3.72. The van der Waals surface area contributed by atoms with Gasteiger partial charge in [-0.05, 0) is 11.8 Å². The van der Waals surface area contributed by atoms with Crippen molar-refractivity contribution in [3.05, 3.63) is 54.3 Å². The van der Waals surface area contributed by atoms with Crippen LogP contribution in [0.3, 0.4) is 0 Å². The van der Waals surface area contributed by atoms with Crippen molar-refractivity contribution >= 4 is 29.0 Å². The number of aromatic amines is 1. The van der Waals surface area contributed by atoms with Gasteiger partial charge in [-0.3, -0.25) is 25.0 Å². The maximum absolute atomic E-state index is 12.8. The number of nitrogens with one attached hydrogen (secondary N) is 1. The molecule has 0 unspecified atom stereocenters. The van der Waals surface area contributed by atoms with Gasteiger partial charge in [0.05, 0.1) is 15.4 Å². The molecule has 1 aromatic heterocycles. The Balaban J connectivity index is 2.72. The molecule has 2 rings (SSSR count). The SMILES string of the molecule is Nc1cc(=O)[nH]c(Sc2c([N+](=O)[O-])cc(C(F)(F)F)cc2[N+](=O)[O-])n1. The van der Waals surface area contributed by atoms with E-state index in [0.29, 0.717) is 0 Å². The Bertz CT molecular complexity index is 894. The summed E-state index contributed by atoms with van der Waals surface area (Å²) in [5.74, 6) is -0.275. The molecular weight excluding hydrogens is 371 g/mol. The van der Waals surface area contributed by atoms with E-state index in [4.69, 9.17) is 5.73 Å². The second-order valence-electron chi connectivity index (χ2n) is 4.43. The molecule has 3 N–H and O–H groups in total. The number of nitrogens with two attached hydrogens (primary N) is 1. The van der Waals surface area contributed by atoms with Gasteiger partial charge in [-0.2, -0.15) is 13.2 Å². The third-order valence-electron chi connectivity index (χ3n) is 2.71. The van der Waals surface area contributed by atoms with E-state index in [1.165, 1.54) is 0 Å². The number of rotatable bonds is 4. The second kappa shape index (κ2) is 6.39. The molecule has 132 valence electrons. The molecule has 0 fully saturated rings. The highest BCUT2D eigenvalue weighted by Gasteiger charge is 2.38. The van der Waals surface area contributed by atoms with Gasteiger partial charge >= 0.3 is 6.18 Å². The first-order valence-electron chi connectivity index (χ1n) is 6.07. The molecule has 0 bridgehead atoms. The summed E-state index contributed by atoms with van der Waals surface area (Å²) in [5.41, 5.74) is 0.722. The molecule has 0 saturated carbocycles. The van der Waals surface area contributed by atoms with Crippen LogP contribution in [0.4, 0.5) is 30.4 Å². The molecule has 0 atom stereocenters. The van der Waals surface area contributed by atoms with E-state index in [1.54, 1.807) is 0 Å². The van der Waals surface area contributed by atoms with Crippen molar-refractivity contribution in [1.82, 2.24) is 9.97 Å². The van der Waals surface area contributed by atoms with Crippen LogP contribution in [-0.2, 0) is 6.18 Å². The van der Waals surface area contributed by atoms with E-state index in [2.05, 4.69) is 9.97 Å². The zero-order valence-corrected chi connectivity index (χ0v) is 12.6. The van der Waals surface area contributed by atoms with Gasteiger partial charge in [-0.15, -0.1) is 0 Å². The quantitative estimate of drug-likeness (QED) is 0.467. The summed E-state index contributed by atoms with van der Waals surface area (Å²) in [6.07, 6.45) is -5.03. The summed E-state index contributed by atoms with van der Waals surface area (Å²) < 4.78 is 38.4. The molecule has 0 spiro atoms. The highest BCUT2D eigenvalue weighted by atomic mass is 32.2. The summed E-state index contributed by atoms with van der Waals surface area (Å²) in [6, 6.07) is 1.22. The first kappa shape index (κ1) is 18.2. The van der Waals surface area contributed by atoms with Crippen LogP contribution < -0.4 is 11.3 Å². The van der Waals surface area contributed by atoms with Crippen LogP contribution >= 0.6 is 11.8 Å². The average Bonchev–Trinajstić information content (AvgIpc) is 2.44. The fourth-order valence-corrected chi connectivity index (χ4v) is 2.71. The Hall–Kier alpha value is -3.16. The van der Waals surface area contributed by atoms with Gasteiger partial charge in [0.25, 0.3) is 16.9 Å². The van der Waals surface area contributed by atoms with Crippen molar-refractivity contribution in [2.24, 2.45) is 0 Å². The first-order chi connectivity index (χ1) is 11.5. The number of alkyl halides is 3. The van der Waals surface area contributed by atoms with Crippen molar-refractivity contribution in [2.75, 3.05) is 5.73 Å². The summed E-state index contributed by atoms with van der Waals surface area (Å²) in [6.45, 7) is 0. The lowest BCUT2D eigenvalue weighted by atomic mass is 10.1. The maximum Gasteiger partial charge on any atom is 0.416 e. The molecule has 0 aliphatic rings. The van der Waals surface area contributed by atoms with Crippen molar-refractivity contribution in [2.45, 2.75) is 16.2 Å². The van der Waals surface area contributed by atoms with Crippen LogP contribution in [0.15, 0.2) is 33.0 Å². The normalized spacial score (nSPS) is 11.3. The molecular formula is C11H6F3N5O5S. The van der Waals surface area contributed by atoms with Gasteiger partial charge in [-0.1, -0.05) is 0 Å². The monoisotopic (exact) mass is 377 g/mol. The van der Waals surface area contributed by atoms with Crippen molar-refractivity contribution in [3.8, 4) is 0 Å². The van der Waals surface area contributed by atoms with Gasteiger partial charge < -0.3 is 10.7 Å². The van der Waals surface area contributed by atoms with Crippen LogP contribution in [-0.4, -0.2) is 19.8 Å². The highest BCUT2D eigenvalue weighted by molar-refractivity contribution is 7.99. The second-order valence-corrected chi connectivity index (χ2v) is 5.43. The van der Waals surface area contributed by atoms with Crippen molar-refractivity contribution in [1.29, 1.82) is 0 Å². The number of anilines is 1. The Morgan fingerprint density at radius 3 is 2.04 bits per heavy atom. The standard InChI is InChI=1S/C11H6F3N5O5S/c12-11(13,14)4-1-5(18(21)22)9(6(2-4)19(23)24)25-10-16-7(15)3-8(20)17-10/h1-3H,(H3,15,16,17,20). The Morgan fingerprint density at radius 2 is 1.64 bits per heavy atom. The minimum absolute atomic E-state index is 0.166. The third kappa shape index (κ3) is 4.03. The Labute approximate surface area is 139 Å². The number of nitro groups is 2. The number of hydrogen-bond acceptors (Lipinski definition) is 8. The number of nitro benzene ring substituents is 2. The van der Waals surface area contributed by atoms with Crippen molar-refractivity contribution < 1.29 is 23.0 Å². The summed E-state index contributed by atoms with van der Waals surface area (Å²) in [7, 11) is 0. The van der Waals surface area contributed by atoms with Gasteiger partial charge in [0.1, 0.15) is 5.82 Å². The Kier molecular flexibility index (Phi) is 4.64. The van der Waals surface area contributed by atoms with Crippen LogP contribution in [0.25, 0.3) is 0 Å². The number of H-pyrrole nitrogens is 1. The van der Waals surface area contributed by atoms with Gasteiger partial charge in [0.15, 0.2) is 10.1 Å². The number of halogens is 3. The predicted molar refractivity (Wildman–Crippen MR) is 78.1 cm³/mol. The molecule has 0 aliphatic carbocycles. The topological polar surface area (TPSA) is 158 Å². The van der Waals surface area contributed by atoms with E-state index < -0.39 is 43.4 Å². The zero-order chi connectivity index (χ0) is 18.9. The van der Waals surface area contributed by atoms with Crippen LogP contribution in [0, 0.1) is 20.2 Å². The summed E-state index contributed by atoms with van der Waals surface area (Å²) in [4.78, 5) is 36.1. The zero-order valence-electron chi connectivity index (χ0n) is 11.7. The molecule has 1 heterocycles. The van der Waals surface area contributed by atoms with Crippen molar-refractivity contribution in [3.63, 3.8) is 0 Å². The summed E-state index contributed by atoms with van der Waals surface area (Å²) >= 11 is 0.248. The first-order valence-corrected chi connectivity index (χ1v) is 6.89. The van der Waals surface area contributed by atoms with Gasteiger partial charge in [0.2, 0.25) is 0 Å². The largest absolute Gasteiger partial charge is 0.416 e. The molecule has 1 aromatic carbocycles. The number of nitrogens with zero attached hydrogens (tertiary/aromatic N) is 3. The van der Waals surface area contributed by atoms with Gasteiger partial charge in [0, 0.05) is 18.2 Å². The average molecular weight is 377 g/mol. The van der Waals surface area contributed by atoms with E-state index in [9.17, 15) is 38.2 Å². The molecule has 25 heavy (non-hydrogen) atoms. The van der Waals surface area contributed by atoms with Crippen LogP contribution in [0.2, 0.25) is 0 Å². The molecule has 0 radical (unpaired) electrons. The molecule has 0 saturated heterocycles. The molecule has 2 aromatic rings. The molecule has 0 aliphatic heterocycles. The molecule has 14 heteroatoms. The molecule has 0 amide bonds. The molecule has 10 nitrogen and oxygen atoms in total. The van der Waals surface area contributed by atoms with Crippen LogP contribution in [0.5, 0.6) is 0 Å². The summed E-state index contributed by atoms with van der Waals surface area (Å²) in [5, 5.41) is 21.8. The lowest BCUT2D eigenvalue weighted by Gasteiger charge is -2.09. The van der Waals surface area contributed by atoms with Crippen LogP contribution in [0.1, 0.15) is 5.56 Å². The lowest BCUT2D eigenvalue weighted by Crippen LogP contribution is -2.10. The lowest BCUT2D eigenvalue weighted by molar-refractivity contribution is -0.400. The number of benzene rings is 1. The minimum Gasteiger partial charge on any atom is -0.383 e. The van der Waals surface area contributed by atoms with E-state index in [0.717, 1.165) is 6.07 Å². The van der Waals surface area contributed by atoms with E-state index >= 15 is 0 Å². The number of nitrogen functional groups attached to an aromatic ring is 1. The maximum atomic E-state index is 12.8. The van der Waals surface area contributed by atoms with E-state index in [1.807, 2.05) is 0 Å². The predicted octanol–water partition coefficient (Wildman–Crippen LogP) is 2.34. The highest BCUT2D eigenvalue weighted by Crippen LogP contribution is 2.44. The van der Waals surface area contributed by atoms with Gasteiger partial charge in [-0.25, -0.2) is 4.98 Å².